The van der Waals surface area contributed by atoms with Crippen LogP contribution in [0, 0.1) is 5.41 Å². The number of hydrogen-bond acceptors (Lipinski definition) is 4. The van der Waals surface area contributed by atoms with Crippen LogP contribution in [0.3, 0.4) is 0 Å². The summed E-state index contributed by atoms with van der Waals surface area (Å²) in [4.78, 5) is 7.55. The fraction of sp³-hybridized carbons (Fsp3) is 0.611. The minimum absolute atomic E-state index is 0. The molecule has 1 unspecified atom stereocenters. The lowest BCUT2D eigenvalue weighted by Crippen LogP contribution is -2.41. The van der Waals surface area contributed by atoms with Gasteiger partial charge in [0.1, 0.15) is 0 Å². The Kier molecular flexibility index (Phi) is 5.26. The number of fused-ring (bicyclic) bond motifs is 1. The third-order valence-corrected chi connectivity index (χ3v) is 6.51. The molecule has 0 saturated carbocycles. The van der Waals surface area contributed by atoms with Crippen LogP contribution in [-0.4, -0.2) is 42.6 Å². The summed E-state index contributed by atoms with van der Waals surface area (Å²) in [5.41, 5.74) is 1.66. The van der Waals surface area contributed by atoms with Gasteiger partial charge in [-0.3, -0.25) is 0 Å². The van der Waals surface area contributed by atoms with E-state index < -0.39 is 0 Å². The molecule has 2 aromatic rings. The average molecular weight is 352 g/mol. The van der Waals surface area contributed by atoms with Gasteiger partial charge in [-0.2, -0.15) is 0 Å². The first kappa shape index (κ1) is 17.2. The van der Waals surface area contributed by atoms with Gasteiger partial charge >= 0.3 is 0 Å². The number of rotatable bonds is 3. The van der Waals surface area contributed by atoms with Gasteiger partial charge in [0.25, 0.3) is 0 Å². The van der Waals surface area contributed by atoms with E-state index in [9.17, 15) is 0 Å². The molecule has 0 bridgehead atoms. The van der Waals surface area contributed by atoms with Gasteiger partial charge in [-0.25, -0.2) is 4.98 Å². The maximum absolute atomic E-state index is 4.87. The highest BCUT2D eigenvalue weighted by molar-refractivity contribution is 7.18. The van der Waals surface area contributed by atoms with Crippen molar-refractivity contribution in [2.45, 2.75) is 32.1 Å². The number of halogens is 1. The fourth-order valence-electron chi connectivity index (χ4n) is 3.95. The number of hydrogen-bond donors (Lipinski definition) is 1. The molecule has 126 valence electrons. The Morgan fingerprint density at radius 2 is 2.09 bits per heavy atom. The second kappa shape index (κ2) is 7.06. The van der Waals surface area contributed by atoms with Gasteiger partial charge in [-0.15, -0.1) is 23.7 Å². The van der Waals surface area contributed by atoms with Gasteiger partial charge in [0.15, 0.2) is 0 Å². The third kappa shape index (κ3) is 3.71. The van der Waals surface area contributed by atoms with Crippen molar-refractivity contribution in [3.63, 3.8) is 0 Å². The van der Waals surface area contributed by atoms with Gasteiger partial charge in [-0.1, -0.05) is 19.1 Å². The van der Waals surface area contributed by atoms with Gasteiger partial charge in [-0.05, 0) is 56.4 Å². The number of aromatic nitrogens is 1. The number of piperidine rings is 1. The highest BCUT2D eigenvalue weighted by Gasteiger charge is 2.32. The van der Waals surface area contributed by atoms with Crippen LogP contribution in [0.1, 0.15) is 37.1 Å². The number of nitrogens with zero attached hydrogens (tertiary/aromatic N) is 2. The maximum Gasteiger partial charge on any atom is 0.0970 e. The molecule has 2 saturated heterocycles. The van der Waals surface area contributed by atoms with Crippen LogP contribution in [-0.2, 0) is 0 Å². The van der Waals surface area contributed by atoms with Gasteiger partial charge in [0.05, 0.1) is 15.2 Å². The lowest BCUT2D eigenvalue weighted by Gasteiger charge is -2.36. The lowest BCUT2D eigenvalue weighted by atomic mass is 9.87. The molecule has 0 aliphatic carbocycles. The second-order valence-corrected chi connectivity index (χ2v) is 8.37. The predicted molar refractivity (Wildman–Crippen MR) is 101 cm³/mol. The first-order chi connectivity index (χ1) is 10.7. The van der Waals surface area contributed by atoms with Crippen LogP contribution in [0.25, 0.3) is 10.2 Å². The molecule has 0 spiro atoms. The van der Waals surface area contributed by atoms with E-state index in [0.717, 1.165) is 0 Å². The molecular formula is C18H26ClN3S. The SMILES string of the molecule is CC1(CN2CCC(c3nc4ccccc4s3)CC2)CCNC1.Cl. The quantitative estimate of drug-likeness (QED) is 0.909. The molecule has 3 heterocycles. The third-order valence-electron chi connectivity index (χ3n) is 5.31. The normalized spacial score (nSPS) is 26.5. The van der Waals surface area contributed by atoms with Crippen molar-refractivity contribution in [3.8, 4) is 0 Å². The predicted octanol–water partition coefficient (Wildman–Crippen LogP) is 3.90. The zero-order valence-electron chi connectivity index (χ0n) is 13.8. The lowest BCUT2D eigenvalue weighted by molar-refractivity contribution is 0.144. The fourth-order valence-corrected chi connectivity index (χ4v) is 5.08. The molecule has 23 heavy (non-hydrogen) atoms. The zero-order chi connectivity index (χ0) is 15.0. The Labute approximate surface area is 148 Å². The Hall–Kier alpha value is -0.680. The number of likely N-dealkylation sites (tertiary alicyclic amines) is 1. The molecule has 4 rings (SSSR count). The number of benzene rings is 1. The van der Waals surface area contributed by atoms with E-state index in [-0.39, 0.29) is 12.4 Å². The van der Waals surface area contributed by atoms with Crippen molar-refractivity contribution in [2.75, 3.05) is 32.7 Å². The Bertz CT molecular complexity index is 610. The summed E-state index contributed by atoms with van der Waals surface area (Å²) < 4.78 is 1.34. The van der Waals surface area contributed by atoms with Crippen LogP contribution in [0.5, 0.6) is 0 Å². The Morgan fingerprint density at radius 3 is 2.78 bits per heavy atom. The number of thiazole rings is 1. The minimum Gasteiger partial charge on any atom is -0.316 e. The molecular weight excluding hydrogens is 326 g/mol. The van der Waals surface area contributed by atoms with Crippen LogP contribution in [0.4, 0.5) is 0 Å². The standard InChI is InChI=1S/C18H25N3S.ClH/c1-18(8-9-19-12-18)13-21-10-6-14(7-11-21)17-20-15-4-2-3-5-16(15)22-17;/h2-5,14,19H,6-13H2,1H3;1H. The molecule has 0 amide bonds. The monoisotopic (exact) mass is 351 g/mol. The smallest absolute Gasteiger partial charge is 0.0970 e. The zero-order valence-corrected chi connectivity index (χ0v) is 15.4. The number of para-hydroxylation sites is 1. The minimum atomic E-state index is 0. The summed E-state index contributed by atoms with van der Waals surface area (Å²) in [6.07, 6.45) is 3.86. The Balaban J connectivity index is 0.00000156. The molecule has 2 fully saturated rings. The van der Waals surface area contributed by atoms with Gasteiger partial charge < -0.3 is 10.2 Å². The topological polar surface area (TPSA) is 28.2 Å². The van der Waals surface area contributed by atoms with E-state index in [1.165, 1.54) is 67.2 Å². The van der Waals surface area contributed by atoms with Crippen LogP contribution < -0.4 is 5.32 Å². The first-order valence-corrected chi connectivity index (χ1v) is 9.32. The van der Waals surface area contributed by atoms with E-state index in [1.54, 1.807) is 0 Å². The summed E-state index contributed by atoms with van der Waals surface area (Å²) in [5, 5.41) is 4.87. The van der Waals surface area contributed by atoms with E-state index in [1.807, 2.05) is 11.3 Å². The summed E-state index contributed by atoms with van der Waals surface area (Å²) >= 11 is 1.90. The Morgan fingerprint density at radius 1 is 1.30 bits per heavy atom. The van der Waals surface area contributed by atoms with Crippen molar-refractivity contribution in [3.05, 3.63) is 29.3 Å². The maximum atomic E-state index is 4.87. The number of nitrogens with one attached hydrogen (secondary N) is 1. The molecule has 2 aliphatic heterocycles. The highest BCUT2D eigenvalue weighted by Crippen LogP contribution is 2.35. The molecule has 0 radical (unpaired) electrons. The van der Waals surface area contributed by atoms with E-state index in [0.29, 0.717) is 11.3 Å². The van der Waals surface area contributed by atoms with E-state index in [4.69, 9.17) is 4.98 Å². The van der Waals surface area contributed by atoms with E-state index >= 15 is 0 Å². The van der Waals surface area contributed by atoms with Crippen molar-refractivity contribution in [2.24, 2.45) is 5.41 Å². The van der Waals surface area contributed by atoms with Gasteiger partial charge in [0, 0.05) is 19.0 Å². The summed E-state index contributed by atoms with van der Waals surface area (Å²) in [6, 6.07) is 8.53. The van der Waals surface area contributed by atoms with Crippen molar-refractivity contribution in [1.82, 2.24) is 15.2 Å². The summed E-state index contributed by atoms with van der Waals surface area (Å²) in [6.45, 7) is 8.54. The summed E-state index contributed by atoms with van der Waals surface area (Å²) in [5.74, 6) is 0.670. The van der Waals surface area contributed by atoms with Crippen molar-refractivity contribution < 1.29 is 0 Å². The van der Waals surface area contributed by atoms with Crippen LogP contribution in [0.2, 0.25) is 0 Å². The molecule has 2 aliphatic rings. The molecule has 1 atom stereocenters. The van der Waals surface area contributed by atoms with Crippen molar-refractivity contribution >= 4 is 34.0 Å². The molecule has 1 aromatic heterocycles. The van der Waals surface area contributed by atoms with E-state index in [2.05, 4.69) is 41.4 Å². The summed E-state index contributed by atoms with van der Waals surface area (Å²) in [7, 11) is 0. The van der Waals surface area contributed by atoms with Crippen LogP contribution in [0.15, 0.2) is 24.3 Å². The molecule has 3 nitrogen and oxygen atoms in total. The first-order valence-electron chi connectivity index (χ1n) is 8.50. The molecule has 1 N–H and O–H groups in total. The highest BCUT2D eigenvalue weighted by atomic mass is 35.5. The average Bonchev–Trinajstić information content (AvgIpc) is 3.14. The van der Waals surface area contributed by atoms with Crippen molar-refractivity contribution in [1.29, 1.82) is 0 Å². The molecule has 1 aromatic carbocycles. The molecule has 5 heteroatoms. The second-order valence-electron chi connectivity index (χ2n) is 7.31. The van der Waals surface area contributed by atoms with Gasteiger partial charge in [0.2, 0.25) is 0 Å². The van der Waals surface area contributed by atoms with Crippen LogP contribution >= 0.6 is 23.7 Å². The largest absolute Gasteiger partial charge is 0.316 e.